The second-order valence-corrected chi connectivity index (χ2v) is 7.34. The largest absolute Gasteiger partial charge is 0.497 e. The molecular weight excluding hydrogens is 512 g/mol. The first kappa shape index (κ1) is 25.2. The summed E-state index contributed by atoms with van der Waals surface area (Å²) >= 11 is 0. The SMILES string of the molecule is CN=C(NCc1ccc(F)c(COC)c1)N1CCC(c2cc(OC)cc(OC)c2)C1.I. The lowest BCUT2D eigenvalue weighted by molar-refractivity contribution is 0.181. The van der Waals surface area contributed by atoms with E-state index in [9.17, 15) is 4.39 Å². The molecule has 1 saturated heterocycles. The Morgan fingerprint density at radius 3 is 2.45 bits per heavy atom. The Morgan fingerprint density at radius 1 is 1.13 bits per heavy atom. The summed E-state index contributed by atoms with van der Waals surface area (Å²) in [5.74, 6) is 2.56. The Morgan fingerprint density at radius 2 is 1.84 bits per heavy atom. The molecule has 0 aliphatic carbocycles. The average molecular weight is 543 g/mol. The van der Waals surface area contributed by atoms with Crippen molar-refractivity contribution < 1.29 is 18.6 Å². The highest BCUT2D eigenvalue weighted by Crippen LogP contribution is 2.32. The zero-order chi connectivity index (χ0) is 21.5. The highest BCUT2D eigenvalue weighted by Gasteiger charge is 2.27. The Hall–Kier alpha value is -2.07. The Labute approximate surface area is 200 Å². The van der Waals surface area contributed by atoms with Crippen molar-refractivity contribution >= 4 is 29.9 Å². The lowest BCUT2D eigenvalue weighted by Gasteiger charge is -2.22. The lowest BCUT2D eigenvalue weighted by Crippen LogP contribution is -2.39. The third-order valence-corrected chi connectivity index (χ3v) is 5.41. The van der Waals surface area contributed by atoms with Crippen LogP contribution in [0.2, 0.25) is 0 Å². The minimum absolute atomic E-state index is 0. The molecule has 1 heterocycles. The van der Waals surface area contributed by atoms with Gasteiger partial charge in [0, 0.05) is 51.3 Å². The number of guanidine groups is 1. The normalized spacial score (nSPS) is 16.1. The molecule has 0 aromatic heterocycles. The standard InChI is InChI=1S/C23H30FN3O3.HI/c1-25-23(26-13-16-5-6-22(24)19(9-16)15-28-2)27-8-7-17(14-27)18-10-20(29-3)12-21(11-18)30-4;/h5-6,9-12,17H,7-8,13-15H2,1-4H3,(H,25,26);1H. The lowest BCUT2D eigenvalue weighted by atomic mass is 9.98. The topological polar surface area (TPSA) is 55.3 Å². The number of hydrogen-bond donors (Lipinski definition) is 1. The second-order valence-electron chi connectivity index (χ2n) is 7.34. The predicted molar refractivity (Wildman–Crippen MR) is 131 cm³/mol. The van der Waals surface area contributed by atoms with Crippen LogP contribution in [0.15, 0.2) is 41.4 Å². The van der Waals surface area contributed by atoms with Crippen molar-refractivity contribution in [3.8, 4) is 11.5 Å². The van der Waals surface area contributed by atoms with E-state index >= 15 is 0 Å². The van der Waals surface area contributed by atoms with E-state index in [4.69, 9.17) is 14.2 Å². The van der Waals surface area contributed by atoms with Crippen LogP contribution in [-0.4, -0.2) is 52.3 Å². The molecule has 1 unspecified atom stereocenters. The monoisotopic (exact) mass is 543 g/mol. The smallest absolute Gasteiger partial charge is 0.193 e. The van der Waals surface area contributed by atoms with Gasteiger partial charge in [0.2, 0.25) is 0 Å². The van der Waals surface area contributed by atoms with Gasteiger partial charge in [0.15, 0.2) is 5.96 Å². The van der Waals surface area contributed by atoms with Crippen LogP contribution in [-0.2, 0) is 17.9 Å². The molecule has 6 nitrogen and oxygen atoms in total. The van der Waals surface area contributed by atoms with Crippen molar-refractivity contribution in [2.45, 2.75) is 25.5 Å². The molecule has 1 aliphatic rings. The number of ether oxygens (including phenoxy) is 3. The summed E-state index contributed by atoms with van der Waals surface area (Å²) in [6.07, 6.45) is 1.02. The summed E-state index contributed by atoms with van der Waals surface area (Å²) in [4.78, 5) is 6.69. The Bertz CT molecular complexity index is 872. The summed E-state index contributed by atoms with van der Waals surface area (Å²) in [6.45, 7) is 2.58. The third-order valence-electron chi connectivity index (χ3n) is 5.41. The van der Waals surface area contributed by atoms with Gasteiger partial charge in [-0.05, 0) is 41.8 Å². The van der Waals surface area contributed by atoms with Crippen LogP contribution >= 0.6 is 24.0 Å². The number of hydrogen-bond acceptors (Lipinski definition) is 4. The van der Waals surface area contributed by atoms with Crippen molar-refractivity contribution in [2.24, 2.45) is 4.99 Å². The first-order valence-electron chi connectivity index (χ1n) is 10.0. The van der Waals surface area contributed by atoms with Crippen LogP contribution in [0.4, 0.5) is 4.39 Å². The zero-order valence-electron chi connectivity index (χ0n) is 18.5. The molecule has 2 aromatic rings. The van der Waals surface area contributed by atoms with Gasteiger partial charge in [-0.3, -0.25) is 4.99 Å². The van der Waals surface area contributed by atoms with E-state index in [-0.39, 0.29) is 36.4 Å². The number of nitrogens with one attached hydrogen (secondary N) is 1. The van der Waals surface area contributed by atoms with Gasteiger partial charge in [0.05, 0.1) is 20.8 Å². The number of methoxy groups -OCH3 is 3. The minimum atomic E-state index is -0.249. The molecule has 0 radical (unpaired) electrons. The van der Waals surface area contributed by atoms with Crippen molar-refractivity contribution in [2.75, 3.05) is 41.5 Å². The van der Waals surface area contributed by atoms with Crippen LogP contribution in [0, 0.1) is 5.82 Å². The number of nitrogens with zero attached hydrogens (tertiary/aromatic N) is 2. The van der Waals surface area contributed by atoms with Crippen LogP contribution in [0.5, 0.6) is 11.5 Å². The van der Waals surface area contributed by atoms with Gasteiger partial charge >= 0.3 is 0 Å². The van der Waals surface area contributed by atoms with Crippen molar-refractivity contribution in [3.63, 3.8) is 0 Å². The molecule has 31 heavy (non-hydrogen) atoms. The molecule has 1 fully saturated rings. The van der Waals surface area contributed by atoms with Crippen LogP contribution in [0.3, 0.4) is 0 Å². The van der Waals surface area contributed by atoms with Crippen LogP contribution in [0.25, 0.3) is 0 Å². The maximum atomic E-state index is 13.8. The molecule has 0 amide bonds. The van der Waals surface area contributed by atoms with Gasteiger partial charge in [-0.1, -0.05) is 6.07 Å². The summed E-state index contributed by atoms with van der Waals surface area (Å²) in [5, 5.41) is 3.40. The number of aliphatic imine (C=N–C) groups is 1. The number of rotatable bonds is 7. The highest BCUT2D eigenvalue weighted by molar-refractivity contribution is 14.0. The molecule has 1 N–H and O–H groups in total. The van der Waals surface area contributed by atoms with Crippen molar-refractivity contribution in [1.82, 2.24) is 10.2 Å². The number of halogens is 2. The van der Waals surface area contributed by atoms with Crippen LogP contribution in [0.1, 0.15) is 29.0 Å². The fourth-order valence-corrected chi connectivity index (χ4v) is 3.81. The second kappa shape index (κ2) is 12.1. The van der Waals surface area contributed by atoms with E-state index in [0.29, 0.717) is 18.0 Å². The van der Waals surface area contributed by atoms with Crippen molar-refractivity contribution in [1.29, 1.82) is 0 Å². The fraction of sp³-hybridized carbons (Fsp3) is 0.435. The van der Waals surface area contributed by atoms with E-state index in [1.165, 1.54) is 11.6 Å². The summed E-state index contributed by atoms with van der Waals surface area (Å²) in [7, 11) is 6.68. The highest BCUT2D eigenvalue weighted by atomic mass is 127. The Balaban J connectivity index is 0.00000341. The van der Waals surface area contributed by atoms with Gasteiger partial charge in [0.25, 0.3) is 0 Å². The van der Waals surface area contributed by atoms with Crippen LogP contribution < -0.4 is 14.8 Å². The molecular formula is C23H31FIN3O3. The fourth-order valence-electron chi connectivity index (χ4n) is 3.81. The van der Waals surface area contributed by atoms with E-state index in [0.717, 1.165) is 42.5 Å². The minimum Gasteiger partial charge on any atom is -0.497 e. The molecule has 1 atom stereocenters. The average Bonchev–Trinajstić information content (AvgIpc) is 3.26. The molecule has 170 valence electrons. The van der Waals surface area contributed by atoms with E-state index in [1.54, 1.807) is 34.4 Å². The van der Waals surface area contributed by atoms with Gasteiger partial charge in [-0.15, -0.1) is 24.0 Å². The third kappa shape index (κ3) is 6.46. The van der Waals surface area contributed by atoms with E-state index in [1.807, 2.05) is 12.1 Å². The number of likely N-dealkylation sites (tertiary alicyclic amines) is 1. The van der Waals surface area contributed by atoms with E-state index in [2.05, 4.69) is 27.3 Å². The molecule has 0 saturated carbocycles. The maximum absolute atomic E-state index is 13.8. The number of benzene rings is 2. The van der Waals surface area contributed by atoms with Gasteiger partial charge in [0.1, 0.15) is 17.3 Å². The maximum Gasteiger partial charge on any atom is 0.193 e. The van der Waals surface area contributed by atoms with Gasteiger partial charge < -0.3 is 24.4 Å². The molecule has 0 spiro atoms. The summed E-state index contributed by atoms with van der Waals surface area (Å²) in [6, 6.07) is 11.1. The zero-order valence-corrected chi connectivity index (χ0v) is 20.8. The van der Waals surface area contributed by atoms with E-state index < -0.39 is 0 Å². The van der Waals surface area contributed by atoms with Crippen molar-refractivity contribution in [3.05, 3.63) is 58.9 Å². The molecule has 2 aromatic carbocycles. The molecule has 0 bridgehead atoms. The predicted octanol–water partition coefficient (Wildman–Crippen LogP) is 4.17. The first-order valence-corrected chi connectivity index (χ1v) is 10.0. The first-order chi connectivity index (χ1) is 14.6. The van der Waals surface area contributed by atoms with Gasteiger partial charge in [-0.2, -0.15) is 0 Å². The molecule has 8 heteroatoms. The Kier molecular flexibility index (Phi) is 9.83. The van der Waals surface area contributed by atoms with Gasteiger partial charge in [-0.25, -0.2) is 4.39 Å². The summed E-state index contributed by atoms with van der Waals surface area (Å²) in [5.41, 5.74) is 2.74. The quantitative estimate of drug-likeness (QED) is 0.323. The molecule has 3 rings (SSSR count). The molecule has 1 aliphatic heterocycles. The summed E-state index contributed by atoms with van der Waals surface area (Å²) < 4.78 is 29.7.